The number of nitrogens with two attached hydrogens (primary N) is 1. The van der Waals surface area contributed by atoms with Gasteiger partial charge in [0.05, 0.1) is 25.3 Å². The maximum Gasteiger partial charge on any atom is 0.237 e. The van der Waals surface area contributed by atoms with Crippen LogP contribution in [0.15, 0.2) is 24.3 Å². The van der Waals surface area contributed by atoms with Crippen LogP contribution in [-0.2, 0) is 9.53 Å². The number of benzene rings is 1. The molecule has 5 nitrogen and oxygen atoms in total. The van der Waals surface area contributed by atoms with Crippen molar-refractivity contribution >= 4 is 11.7 Å². The van der Waals surface area contributed by atoms with Gasteiger partial charge in [-0.15, -0.1) is 0 Å². The second kappa shape index (κ2) is 5.90. The predicted octanol–water partition coefficient (Wildman–Crippen LogP) is 0.195. The number of ketones is 1. The number of nitrogens with zero attached hydrogens (tertiary/aromatic N) is 1. The maximum atomic E-state index is 13.5. The molecule has 1 aromatic carbocycles. The Morgan fingerprint density at radius 3 is 2.84 bits per heavy atom. The number of rotatable bonds is 4. The number of ether oxygens (including phenoxy) is 1. The second-order valence-corrected chi connectivity index (χ2v) is 4.37. The predicted molar refractivity (Wildman–Crippen MR) is 66.1 cm³/mol. The largest absolute Gasteiger partial charge is 0.378 e. The van der Waals surface area contributed by atoms with Crippen LogP contribution in [0.25, 0.3) is 0 Å². The van der Waals surface area contributed by atoms with Crippen LogP contribution >= 0.6 is 0 Å². The van der Waals surface area contributed by atoms with Crippen molar-refractivity contribution in [1.29, 1.82) is 0 Å². The Morgan fingerprint density at radius 1 is 1.42 bits per heavy atom. The van der Waals surface area contributed by atoms with Crippen LogP contribution in [0.4, 0.5) is 4.39 Å². The van der Waals surface area contributed by atoms with E-state index in [4.69, 9.17) is 10.5 Å². The lowest BCUT2D eigenvalue weighted by molar-refractivity contribution is -0.128. The second-order valence-electron chi connectivity index (χ2n) is 4.37. The van der Waals surface area contributed by atoms with Crippen molar-refractivity contribution in [3.63, 3.8) is 0 Å². The zero-order chi connectivity index (χ0) is 13.8. The Kier molecular flexibility index (Phi) is 4.24. The number of hydrogen-bond donors (Lipinski definition) is 1. The monoisotopic (exact) mass is 266 g/mol. The summed E-state index contributed by atoms with van der Waals surface area (Å²) in [6, 6.07) is 5.15. The molecule has 1 aromatic rings. The van der Waals surface area contributed by atoms with E-state index in [1.54, 1.807) is 11.0 Å². The van der Waals surface area contributed by atoms with Crippen LogP contribution in [0.1, 0.15) is 10.4 Å². The Labute approximate surface area is 110 Å². The summed E-state index contributed by atoms with van der Waals surface area (Å²) < 4.78 is 18.7. The Morgan fingerprint density at radius 2 is 2.16 bits per heavy atom. The molecule has 2 N–H and O–H groups in total. The molecular formula is C13H15FN2O3. The summed E-state index contributed by atoms with van der Waals surface area (Å²) in [4.78, 5) is 24.9. The van der Waals surface area contributed by atoms with Crippen molar-refractivity contribution in [2.45, 2.75) is 6.04 Å². The molecule has 1 aliphatic rings. The molecule has 1 heterocycles. The van der Waals surface area contributed by atoms with Crippen molar-refractivity contribution < 1.29 is 18.7 Å². The van der Waals surface area contributed by atoms with Crippen LogP contribution in [0.3, 0.4) is 0 Å². The average Bonchev–Trinajstić information content (AvgIpc) is 2.39. The minimum Gasteiger partial charge on any atom is -0.378 e. The zero-order valence-electron chi connectivity index (χ0n) is 10.3. The van der Waals surface area contributed by atoms with Crippen LogP contribution in [-0.4, -0.2) is 48.9 Å². The number of halogens is 1. The van der Waals surface area contributed by atoms with Crippen LogP contribution in [0.2, 0.25) is 0 Å². The highest BCUT2D eigenvalue weighted by Crippen LogP contribution is 2.11. The third-order valence-electron chi connectivity index (χ3n) is 3.09. The van der Waals surface area contributed by atoms with E-state index in [1.165, 1.54) is 18.2 Å². The van der Waals surface area contributed by atoms with Crippen molar-refractivity contribution in [1.82, 2.24) is 4.90 Å². The SMILES string of the molecule is NC(=O)C1COCCN1CC(=O)c1ccccc1F. The van der Waals surface area contributed by atoms with Gasteiger partial charge in [-0.1, -0.05) is 12.1 Å². The highest BCUT2D eigenvalue weighted by atomic mass is 19.1. The molecule has 0 aliphatic carbocycles. The van der Waals surface area contributed by atoms with Gasteiger partial charge in [-0.25, -0.2) is 4.39 Å². The molecule has 1 amide bonds. The lowest BCUT2D eigenvalue weighted by Gasteiger charge is -2.32. The minimum atomic E-state index is -0.635. The van der Waals surface area contributed by atoms with E-state index in [0.29, 0.717) is 13.2 Å². The van der Waals surface area contributed by atoms with E-state index in [0.717, 1.165) is 0 Å². The highest BCUT2D eigenvalue weighted by molar-refractivity contribution is 5.98. The first-order chi connectivity index (χ1) is 9.09. The fraction of sp³-hybridized carbons (Fsp3) is 0.385. The first-order valence-corrected chi connectivity index (χ1v) is 5.98. The topological polar surface area (TPSA) is 72.6 Å². The molecule has 2 rings (SSSR count). The molecule has 0 spiro atoms. The summed E-state index contributed by atoms with van der Waals surface area (Å²) in [5.41, 5.74) is 5.28. The first-order valence-electron chi connectivity index (χ1n) is 5.98. The van der Waals surface area contributed by atoms with E-state index in [2.05, 4.69) is 0 Å². The molecule has 102 valence electrons. The molecule has 0 saturated carbocycles. The number of carbonyl (C=O) groups excluding carboxylic acids is 2. The number of Topliss-reactive ketones (excluding diaryl/α,β-unsaturated/α-hetero) is 1. The number of primary amides is 1. The Balaban J connectivity index is 2.09. The van der Waals surface area contributed by atoms with Crippen molar-refractivity contribution in [2.24, 2.45) is 5.73 Å². The summed E-state index contributed by atoms with van der Waals surface area (Å²) in [6.45, 7) is 0.972. The van der Waals surface area contributed by atoms with Crippen LogP contribution in [0.5, 0.6) is 0 Å². The number of carbonyl (C=O) groups is 2. The minimum absolute atomic E-state index is 0.0252. The first kappa shape index (κ1) is 13.6. The Bertz CT molecular complexity index is 493. The highest BCUT2D eigenvalue weighted by Gasteiger charge is 2.29. The van der Waals surface area contributed by atoms with Gasteiger partial charge in [-0.05, 0) is 12.1 Å². The summed E-state index contributed by atoms with van der Waals surface area (Å²) in [7, 11) is 0. The van der Waals surface area contributed by atoms with Gasteiger partial charge in [0, 0.05) is 6.54 Å². The molecule has 0 radical (unpaired) electrons. The van der Waals surface area contributed by atoms with Gasteiger partial charge in [-0.3, -0.25) is 14.5 Å². The number of amides is 1. The molecule has 1 fully saturated rings. The summed E-state index contributed by atoms with van der Waals surface area (Å²) >= 11 is 0. The van der Waals surface area contributed by atoms with Gasteiger partial charge >= 0.3 is 0 Å². The van der Waals surface area contributed by atoms with Crippen LogP contribution < -0.4 is 5.73 Å². The molecule has 6 heteroatoms. The van der Waals surface area contributed by atoms with E-state index in [1.807, 2.05) is 0 Å². The van der Waals surface area contributed by atoms with Gasteiger partial charge < -0.3 is 10.5 Å². The van der Waals surface area contributed by atoms with Gasteiger partial charge in [-0.2, -0.15) is 0 Å². The standard InChI is InChI=1S/C13H15FN2O3/c14-10-4-2-1-3-9(10)12(17)7-16-5-6-19-8-11(16)13(15)18/h1-4,11H,5-8H2,(H2,15,18). The molecule has 1 aliphatic heterocycles. The number of hydrogen-bond acceptors (Lipinski definition) is 4. The molecule has 1 atom stereocenters. The van der Waals surface area contributed by atoms with Crippen molar-refractivity contribution in [2.75, 3.05) is 26.3 Å². The average molecular weight is 266 g/mol. The third kappa shape index (κ3) is 3.15. The van der Waals surface area contributed by atoms with Crippen LogP contribution in [0, 0.1) is 5.82 Å². The van der Waals surface area contributed by atoms with E-state index in [9.17, 15) is 14.0 Å². The fourth-order valence-corrected chi connectivity index (χ4v) is 2.05. The molecular weight excluding hydrogens is 251 g/mol. The maximum absolute atomic E-state index is 13.5. The summed E-state index contributed by atoms with van der Waals surface area (Å²) in [5.74, 6) is -1.47. The van der Waals surface area contributed by atoms with Gasteiger partial charge in [0.1, 0.15) is 11.9 Å². The molecule has 1 unspecified atom stereocenters. The Hall–Kier alpha value is -1.79. The van der Waals surface area contributed by atoms with Crippen molar-refractivity contribution in [3.05, 3.63) is 35.6 Å². The smallest absolute Gasteiger partial charge is 0.237 e. The molecule has 1 saturated heterocycles. The van der Waals surface area contributed by atoms with E-state index >= 15 is 0 Å². The van der Waals surface area contributed by atoms with E-state index < -0.39 is 17.8 Å². The normalized spacial score (nSPS) is 20.2. The lowest BCUT2D eigenvalue weighted by atomic mass is 10.1. The summed E-state index contributed by atoms with van der Waals surface area (Å²) in [6.07, 6.45) is 0. The van der Waals surface area contributed by atoms with E-state index in [-0.39, 0.29) is 24.5 Å². The number of morpholine rings is 1. The molecule has 0 bridgehead atoms. The van der Waals surface area contributed by atoms with Gasteiger partial charge in [0.25, 0.3) is 0 Å². The molecule has 0 aromatic heterocycles. The zero-order valence-corrected chi connectivity index (χ0v) is 10.3. The van der Waals surface area contributed by atoms with Gasteiger partial charge in [0.2, 0.25) is 5.91 Å². The van der Waals surface area contributed by atoms with Crippen molar-refractivity contribution in [3.8, 4) is 0 Å². The summed E-state index contributed by atoms with van der Waals surface area (Å²) in [5, 5.41) is 0. The lowest BCUT2D eigenvalue weighted by Crippen LogP contribution is -2.53. The van der Waals surface area contributed by atoms with Gasteiger partial charge in [0.15, 0.2) is 5.78 Å². The fourth-order valence-electron chi connectivity index (χ4n) is 2.05. The third-order valence-corrected chi connectivity index (χ3v) is 3.09. The molecule has 19 heavy (non-hydrogen) atoms. The quantitative estimate of drug-likeness (QED) is 0.790.